The van der Waals surface area contributed by atoms with Crippen LogP contribution in [0.1, 0.15) is 26.2 Å². The lowest BCUT2D eigenvalue weighted by Gasteiger charge is -2.34. The summed E-state index contributed by atoms with van der Waals surface area (Å²) in [7, 11) is 0. The number of carbonyl (C=O) groups is 2. The average Bonchev–Trinajstić information content (AvgIpc) is 2.73. The third-order valence-electron chi connectivity index (χ3n) is 4.61. The molecule has 1 spiro atoms. The van der Waals surface area contributed by atoms with Crippen LogP contribution in [-0.4, -0.2) is 71.3 Å². The fourth-order valence-corrected chi connectivity index (χ4v) is 4.41. The van der Waals surface area contributed by atoms with Gasteiger partial charge in [-0.3, -0.25) is 9.69 Å². The first-order chi connectivity index (χ1) is 10.1. The molecule has 3 amide bonds. The van der Waals surface area contributed by atoms with E-state index in [1.54, 1.807) is 0 Å². The second kappa shape index (κ2) is 6.14. The van der Waals surface area contributed by atoms with Gasteiger partial charge in [0.25, 0.3) is 5.91 Å². The predicted octanol–water partition coefficient (Wildman–Crippen LogP) is 0.872. The van der Waals surface area contributed by atoms with E-state index in [9.17, 15) is 9.59 Å². The van der Waals surface area contributed by atoms with Crippen molar-refractivity contribution in [3.8, 4) is 0 Å². The minimum Gasteiger partial charge on any atom is -0.376 e. The second-order valence-corrected chi connectivity index (χ2v) is 7.20. The largest absolute Gasteiger partial charge is 0.376 e. The number of nitrogens with zero attached hydrogens (tertiary/aromatic N) is 2. The first-order valence-electron chi connectivity index (χ1n) is 7.70. The number of nitrogens with one attached hydrogen (secondary N) is 1. The molecule has 118 valence electrons. The summed E-state index contributed by atoms with van der Waals surface area (Å²) in [6.07, 6.45) is 2.66. The Bertz CT molecular complexity index is 426. The van der Waals surface area contributed by atoms with Crippen molar-refractivity contribution in [2.24, 2.45) is 0 Å². The van der Waals surface area contributed by atoms with Crippen LogP contribution in [0.3, 0.4) is 0 Å². The summed E-state index contributed by atoms with van der Waals surface area (Å²) >= 11 is 1.85. The van der Waals surface area contributed by atoms with E-state index in [0.29, 0.717) is 13.3 Å². The molecule has 6 nitrogen and oxygen atoms in total. The summed E-state index contributed by atoms with van der Waals surface area (Å²) in [4.78, 5) is 28.4. The van der Waals surface area contributed by atoms with Gasteiger partial charge in [0.05, 0.1) is 19.4 Å². The van der Waals surface area contributed by atoms with Crippen molar-refractivity contribution >= 4 is 23.7 Å². The number of thioether (sulfide) groups is 1. The van der Waals surface area contributed by atoms with Crippen molar-refractivity contribution in [3.05, 3.63) is 0 Å². The van der Waals surface area contributed by atoms with Crippen LogP contribution in [0.5, 0.6) is 0 Å². The number of hydrogen-bond donors (Lipinski definition) is 1. The highest BCUT2D eigenvalue weighted by Crippen LogP contribution is 2.32. The molecule has 3 aliphatic heterocycles. The molecular weight excluding hydrogens is 290 g/mol. The quantitative estimate of drug-likeness (QED) is 0.784. The molecule has 3 saturated heterocycles. The van der Waals surface area contributed by atoms with Gasteiger partial charge in [0.1, 0.15) is 5.54 Å². The zero-order valence-corrected chi connectivity index (χ0v) is 13.3. The standard InChI is InChI=1S/C14H23N3O3S/c1-2-11-9-16(5-6-20-11)10-17-12(18)14(15-13(17)19)3-7-21-8-4-14/h11H,2-10H2,1H3,(H,15,19)/t11-/m0/s1. The maximum Gasteiger partial charge on any atom is 0.326 e. The molecule has 3 rings (SSSR count). The van der Waals surface area contributed by atoms with Gasteiger partial charge in [-0.2, -0.15) is 11.8 Å². The Hall–Kier alpha value is -0.790. The molecule has 21 heavy (non-hydrogen) atoms. The van der Waals surface area contributed by atoms with Gasteiger partial charge in [-0.1, -0.05) is 6.92 Å². The third kappa shape index (κ3) is 2.91. The molecule has 0 radical (unpaired) electrons. The summed E-state index contributed by atoms with van der Waals surface area (Å²) in [5.41, 5.74) is -0.626. The minimum absolute atomic E-state index is 0.0349. The van der Waals surface area contributed by atoms with Gasteiger partial charge in [0.15, 0.2) is 0 Å². The van der Waals surface area contributed by atoms with Gasteiger partial charge in [-0.25, -0.2) is 9.69 Å². The maximum atomic E-state index is 12.7. The van der Waals surface area contributed by atoms with Crippen molar-refractivity contribution in [1.82, 2.24) is 15.1 Å². The van der Waals surface area contributed by atoms with Crippen LogP contribution in [0.2, 0.25) is 0 Å². The van der Waals surface area contributed by atoms with Crippen LogP contribution >= 0.6 is 11.8 Å². The Kier molecular flexibility index (Phi) is 4.42. The Morgan fingerprint density at radius 2 is 2.14 bits per heavy atom. The Morgan fingerprint density at radius 1 is 1.38 bits per heavy atom. The van der Waals surface area contributed by atoms with Gasteiger partial charge in [-0.05, 0) is 30.8 Å². The number of imide groups is 1. The van der Waals surface area contributed by atoms with E-state index in [1.165, 1.54) is 4.90 Å². The number of carbonyl (C=O) groups excluding carboxylic acids is 2. The molecule has 3 aliphatic rings. The fraction of sp³-hybridized carbons (Fsp3) is 0.857. The normalized spacial score (nSPS) is 30.0. The lowest BCUT2D eigenvalue weighted by Crippen LogP contribution is -2.51. The third-order valence-corrected chi connectivity index (χ3v) is 5.60. The Morgan fingerprint density at radius 3 is 2.86 bits per heavy atom. The lowest BCUT2D eigenvalue weighted by atomic mass is 9.92. The predicted molar refractivity (Wildman–Crippen MR) is 81.1 cm³/mol. The summed E-state index contributed by atoms with van der Waals surface area (Å²) in [5.74, 6) is 1.84. The van der Waals surface area contributed by atoms with Crippen LogP contribution in [0.25, 0.3) is 0 Å². The van der Waals surface area contributed by atoms with Crippen LogP contribution in [-0.2, 0) is 9.53 Å². The monoisotopic (exact) mass is 313 g/mol. The summed E-state index contributed by atoms with van der Waals surface area (Å²) in [5, 5.41) is 2.95. The molecule has 1 N–H and O–H groups in total. The number of rotatable bonds is 3. The van der Waals surface area contributed by atoms with E-state index in [-0.39, 0.29) is 18.0 Å². The number of morpholine rings is 1. The SMILES string of the molecule is CC[C@H]1CN(CN2C(=O)NC3(CCSCC3)C2=O)CCO1. The number of hydrogen-bond acceptors (Lipinski definition) is 5. The molecule has 0 aromatic heterocycles. The van der Waals surface area contributed by atoms with Crippen LogP contribution in [0.4, 0.5) is 4.79 Å². The summed E-state index contributed by atoms with van der Waals surface area (Å²) in [6.45, 7) is 4.72. The highest BCUT2D eigenvalue weighted by Gasteiger charge is 2.51. The smallest absolute Gasteiger partial charge is 0.326 e. The highest BCUT2D eigenvalue weighted by molar-refractivity contribution is 7.99. The van der Waals surface area contributed by atoms with Crippen molar-refractivity contribution in [1.29, 1.82) is 0 Å². The molecule has 0 aromatic carbocycles. The first-order valence-corrected chi connectivity index (χ1v) is 8.86. The van der Waals surface area contributed by atoms with Gasteiger partial charge < -0.3 is 10.1 Å². The van der Waals surface area contributed by atoms with Gasteiger partial charge in [-0.15, -0.1) is 0 Å². The summed E-state index contributed by atoms with van der Waals surface area (Å²) in [6, 6.07) is -0.230. The number of urea groups is 1. The zero-order valence-electron chi connectivity index (χ0n) is 12.5. The number of amides is 3. The maximum absolute atomic E-state index is 12.7. The van der Waals surface area contributed by atoms with E-state index in [2.05, 4.69) is 17.1 Å². The van der Waals surface area contributed by atoms with Crippen molar-refractivity contribution in [3.63, 3.8) is 0 Å². The summed E-state index contributed by atoms with van der Waals surface area (Å²) < 4.78 is 5.64. The van der Waals surface area contributed by atoms with Crippen LogP contribution in [0.15, 0.2) is 0 Å². The fourth-order valence-electron chi connectivity index (χ4n) is 3.22. The molecule has 0 bridgehead atoms. The van der Waals surface area contributed by atoms with E-state index < -0.39 is 5.54 Å². The van der Waals surface area contributed by atoms with Gasteiger partial charge in [0.2, 0.25) is 0 Å². The van der Waals surface area contributed by atoms with Gasteiger partial charge in [0, 0.05) is 13.1 Å². The molecule has 7 heteroatoms. The molecular formula is C14H23N3O3S. The molecule has 3 fully saturated rings. The molecule has 0 aliphatic carbocycles. The molecule has 3 heterocycles. The Balaban J connectivity index is 1.65. The zero-order chi connectivity index (χ0) is 14.9. The molecule has 0 unspecified atom stereocenters. The van der Waals surface area contributed by atoms with Gasteiger partial charge >= 0.3 is 6.03 Å². The average molecular weight is 313 g/mol. The van der Waals surface area contributed by atoms with Crippen molar-refractivity contribution < 1.29 is 14.3 Å². The highest BCUT2D eigenvalue weighted by atomic mass is 32.2. The first kappa shape index (κ1) is 15.1. The Labute approximate surface area is 129 Å². The second-order valence-electron chi connectivity index (χ2n) is 5.98. The van der Waals surface area contributed by atoms with E-state index in [4.69, 9.17) is 4.74 Å². The lowest BCUT2D eigenvalue weighted by molar-refractivity contribution is -0.134. The number of ether oxygens (including phenoxy) is 1. The molecule has 0 aromatic rings. The topological polar surface area (TPSA) is 61.9 Å². The molecule has 1 atom stereocenters. The van der Waals surface area contributed by atoms with E-state index in [0.717, 1.165) is 43.9 Å². The molecule has 0 saturated carbocycles. The van der Waals surface area contributed by atoms with Crippen LogP contribution in [0, 0.1) is 0 Å². The minimum atomic E-state index is -0.626. The van der Waals surface area contributed by atoms with Crippen molar-refractivity contribution in [2.45, 2.75) is 37.8 Å². The van der Waals surface area contributed by atoms with E-state index >= 15 is 0 Å². The van der Waals surface area contributed by atoms with Crippen molar-refractivity contribution in [2.75, 3.05) is 37.9 Å². The van der Waals surface area contributed by atoms with Crippen LogP contribution < -0.4 is 5.32 Å². The van der Waals surface area contributed by atoms with E-state index in [1.807, 2.05) is 11.8 Å².